The first-order chi connectivity index (χ1) is 17.0. The fourth-order valence-electron chi connectivity index (χ4n) is 3.95. The van der Waals surface area contributed by atoms with Crippen molar-refractivity contribution in [3.63, 3.8) is 0 Å². The van der Waals surface area contributed by atoms with Crippen LogP contribution in [0.3, 0.4) is 0 Å². The van der Waals surface area contributed by atoms with E-state index in [-0.39, 0.29) is 18.5 Å². The topological polar surface area (TPSA) is 90.4 Å². The highest BCUT2D eigenvalue weighted by Gasteiger charge is 2.18. The molecule has 4 aromatic carbocycles. The number of benzene rings is 4. The number of aromatic nitrogens is 2. The van der Waals surface area contributed by atoms with Crippen molar-refractivity contribution in [2.75, 3.05) is 0 Å². The van der Waals surface area contributed by atoms with E-state index < -0.39 is 5.09 Å². The van der Waals surface area contributed by atoms with E-state index in [1.54, 1.807) is 18.3 Å². The number of nitrogens with zero attached hydrogens (tertiary/aromatic N) is 3. The summed E-state index contributed by atoms with van der Waals surface area (Å²) >= 11 is 0. The molecule has 7 nitrogen and oxygen atoms in total. The summed E-state index contributed by atoms with van der Waals surface area (Å²) in [5, 5.41) is 16.1. The van der Waals surface area contributed by atoms with Gasteiger partial charge in [0.15, 0.2) is 0 Å². The van der Waals surface area contributed by atoms with Gasteiger partial charge in [-0.1, -0.05) is 72.8 Å². The van der Waals surface area contributed by atoms with Gasteiger partial charge in [0.05, 0.1) is 12.4 Å². The lowest BCUT2D eigenvalue weighted by Gasteiger charge is -2.22. The highest BCUT2D eigenvalue weighted by molar-refractivity contribution is 5.86. The first-order valence-corrected chi connectivity index (χ1v) is 10.8. The fraction of sp³-hybridized carbons (Fsp3) is 0.0741. The summed E-state index contributed by atoms with van der Waals surface area (Å²) in [7, 11) is 0. The summed E-state index contributed by atoms with van der Waals surface area (Å²) in [5.41, 5.74) is 2.86. The molecule has 35 heavy (non-hydrogen) atoms. The largest absolute Gasteiger partial charge is 0.489 e. The Hall–Kier alpha value is -4.72. The Balaban J connectivity index is 0.000000672. The van der Waals surface area contributed by atoms with Crippen molar-refractivity contribution in [3.8, 4) is 5.75 Å². The normalized spacial score (nSPS) is 11.3. The quantitative estimate of drug-likeness (QED) is 0.241. The molecular weight excluding hydrogens is 449 g/mol. The molecule has 0 radical (unpaired) electrons. The number of imidazole rings is 1. The van der Waals surface area contributed by atoms with E-state index in [0.717, 1.165) is 5.56 Å². The first-order valence-electron chi connectivity index (χ1n) is 10.8. The Kier molecular flexibility index (Phi) is 7.32. The first kappa shape index (κ1) is 23.4. The minimum Gasteiger partial charge on any atom is -0.489 e. The second-order valence-corrected chi connectivity index (χ2v) is 7.67. The average Bonchev–Trinajstić information content (AvgIpc) is 3.39. The van der Waals surface area contributed by atoms with Gasteiger partial charge in [-0.25, -0.2) is 9.37 Å². The lowest BCUT2D eigenvalue weighted by atomic mass is 9.93. The Labute approximate surface area is 200 Å². The number of fused-ring (bicyclic) bond motifs is 1. The third-order valence-corrected chi connectivity index (χ3v) is 5.49. The van der Waals surface area contributed by atoms with E-state index in [4.69, 9.17) is 20.1 Å². The number of rotatable bonds is 6. The van der Waals surface area contributed by atoms with Crippen LogP contribution >= 0.6 is 0 Å². The summed E-state index contributed by atoms with van der Waals surface area (Å²) < 4.78 is 21.8. The van der Waals surface area contributed by atoms with Gasteiger partial charge in [0.1, 0.15) is 18.2 Å². The van der Waals surface area contributed by atoms with E-state index in [0.29, 0.717) is 11.3 Å². The maximum atomic E-state index is 13.8. The van der Waals surface area contributed by atoms with Gasteiger partial charge < -0.3 is 14.5 Å². The van der Waals surface area contributed by atoms with E-state index in [2.05, 4.69) is 64.1 Å². The van der Waals surface area contributed by atoms with Crippen LogP contribution in [0.25, 0.3) is 10.8 Å². The van der Waals surface area contributed by atoms with Crippen molar-refractivity contribution in [1.29, 1.82) is 0 Å². The van der Waals surface area contributed by atoms with Gasteiger partial charge in [-0.3, -0.25) is 0 Å². The van der Waals surface area contributed by atoms with Gasteiger partial charge in [-0.15, -0.1) is 10.1 Å². The fourth-order valence-corrected chi connectivity index (χ4v) is 3.95. The molecule has 8 heteroatoms. The zero-order valence-corrected chi connectivity index (χ0v) is 18.6. The zero-order valence-electron chi connectivity index (χ0n) is 18.6. The van der Waals surface area contributed by atoms with Crippen LogP contribution in [-0.2, 0) is 6.61 Å². The Morgan fingerprint density at radius 1 is 0.971 bits per heavy atom. The third-order valence-electron chi connectivity index (χ3n) is 5.49. The Bertz CT molecular complexity index is 1400. The standard InChI is InChI=1S/C27H21FN2O.HNO3/c28-26-11-4-2-7-22(26)18-31-23-14-12-21(13-15-23)27(30-17-16-29-19-30)25-10-5-8-20-6-1-3-9-24(20)25;2-1(3)4/h1-17,19,27H,18H2;(H,2,3,4). The molecule has 1 heterocycles. The second-order valence-electron chi connectivity index (χ2n) is 7.67. The van der Waals surface area contributed by atoms with Gasteiger partial charge in [-0.05, 0) is 40.1 Å². The van der Waals surface area contributed by atoms with Crippen LogP contribution in [-0.4, -0.2) is 19.8 Å². The zero-order chi connectivity index (χ0) is 24.6. The number of ether oxygens (including phenoxy) is 1. The third kappa shape index (κ3) is 5.80. The predicted molar refractivity (Wildman–Crippen MR) is 129 cm³/mol. The van der Waals surface area contributed by atoms with Gasteiger partial charge in [0.25, 0.3) is 5.09 Å². The molecule has 0 aliphatic rings. The number of halogens is 1. The molecule has 0 saturated carbocycles. The molecular formula is C27H22FN3O4. The van der Waals surface area contributed by atoms with E-state index in [1.165, 1.54) is 22.4 Å². The van der Waals surface area contributed by atoms with Gasteiger partial charge in [0, 0.05) is 18.0 Å². The van der Waals surface area contributed by atoms with Crippen molar-refractivity contribution in [1.82, 2.24) is 9.55 Å². The van der Waals surface area contributed by atoms with Gasteiger partial charge >= 0.3 is 0 Å². The molecule has 176 valence electrons. The van der Waals surface area contributed by atoms with Crippen LogP contribution in [0, 0.1) is 15.9 Å². The number of hydrogen-bond donors (Lipinski definition) is 1. The second kappa shape index (κ2) is 10.9. The molecule has 0 fully saturated rings. The summed E-state index contributed by atoms with van der Waals surface area (Å²) in [6, 6.07) is 29.4. The number of hydrogen-bond acceptors (Lipinski definition) is 4. The van der Waals surface area contributed by atoms with Crippen molar-refractivity contribution in [2.45, 2.75) is 12.6 Å². The molecule has 1 atom stereocenters. The molecule has 0 aliphatic heterocycles. The lowest BCUT2D eigenvalue weighted by molar-refractivity contribution is -0.742. The van der Waals surface area contributed by atoms with Crippen molar-refractivity contribution in [2.24, 2.45) is 0 Å². The van der Waals surface area contributed by atoms with Crippen LogP contribution < -0.4 is 4.74 Å². The maximum Gasteiger partial charge on any atom is 0.291 e. The predicted octanol–water partition coefficient (Wildman–Crippen LogP) is 6.04. The molecule has 5 aromatic rings. The minimum atomic E-state index is -1.50. The highest BCUT2D eigenvalue weighted by Crippen LogP contribution is 2.33. The summed E-state index contributed by atoms with van der Waals surface area (Å²) in [5.74, 6) is 0.449. The molecule has 1 unspecified atom stereocenters. The van der Waals surface area contributed by atoms with Crippen LogP contribution in [0.15, 0.2) is 110 Å². The smallest absolute Gasteiger partial charge is 0.291 e. The maximum absolute atomic E-state index is 13.8. The molecule has 0 amide bonds. The molecule has 5 rings (SSSR count). The van der Waals surface area contributed by atoms with E-state index in [9.17, 15) is 4.39 Å². The minimum absolute atomic E-state index is 0.0192. The van der Waals surface area contributed by atoms with Crippen molar-refractivity contribution < 1.29 is 19.4 Å². The van der Waals surface area contributed by atoms with Crippen molar-refractivity contribution >= 4 is 10.8 Å². The molecule has 0 spiro atoms. The Morgan fingerprint density at radius 3 is 2.37 bits per heavy atom. The van der Waals surface area contributed by atoms with Gasteiger partial charge in [0.2, 0.25) is 0 Å². The van der Waals surface area contributed by atoms with E-state index >= 15 is 0 Å². The molecule has 0 saturated heterocycles. The Morgan fingerprint density at radius 2 is 1.66 bits per heavy atom. The van der Waals surface area contributed by atoms with Crippen LogP contribution in [0.5, 0.6) is 5.75 Å². The van der Waals surface area contributed by atoms with E-state index in [1.807, 2.05) is 30.7 Å². The summed E-state index contributed by atoms with van der Waals surface area (Å²) in [6.45, 7) is 0.195. The lowest BCUT2D eigenvalue weighted by Crippen LogP contribution is -2.11. The molecule has 0 bridgehead atoms. The summed E-state index contributed by atoms with van der Waals surface area (Å²) in [6.07, 6.45) is 5.62. The average molecular weight is 471 g/mol. The SMILES string of the molecule is Fc1ccccc1COc1ccc(C(c2cccc3ccccc23)n2ccnc2)cc1.O=[N+]([O-])O. The molecule has 1 aromatic heterocycles. The van der Waals surface area contributed by atoms with Gasteiger partial charge in [-0.2, -0.15) is 0 Å². The van der Waals surface area contributed by atoms with Crippen molar-refractivity contribution in [3.05, 3.63) is 142 Å². The van der Waals surface area contributed by atoms with Crippen LogP contribution in [0.2, 0.25) is 0 Å². The van der Waals surface area contributed by atoms with Crippen LogP contribution in [0.1, 0.15) is 22.7 Å². The monoisotopic (exact) mass is 471 g/mol. The molecule has 0 aliphatic carbocycles. The summed E-state index contributed by atoms with van der Waals surface area (Å²) in [4.78, 5) is 12.6. The highest BCUT2D eigenvalue weighted by atomic mass is 19.1. The molecule has 1 N–H and O–H groups in total. The van der Waals surface area contributed by atoms with Crippen LogP contribution in [0.4, 0.5) is 4.39 Å².